The Hall–Kier alpha value is -3.24. The Kier molecular flexibility index (Phi) is 8.85. The van der Waals surface area contributed by atoms with Crippen molar-refractivity contribution in [3.8, 4) is 0 Å². The molecule has 182 valence electrons. The van der Waals surface area contributed by atoms with Crippen LogP contribution in [-0.2, 0) is 6.42 Å². The van der Waals surface area contributed by atoms with Gasteiger partial charge in [0, 0.05) is 18.8 Å². The molecule has 8 nitrogen and oxygen atoms in total. The van der Waals surface area contributed by atoms with Crippen LogP contribution in [0.4, 0.5) is 9.93 Å². The Morgan fingerprint density at radius 3 is 2.31 bits per heavy atom. The molecule has 0 aliphatic carbocycles. The zero-order valence-corrected chi connectivity index (χ0v) is 20.9. The third kappa shape index (κ3) is 6.89. The van der Waals surface area contributed by atoms with Crippen LogP contribution in [0.3, 0.4) is 0 Å². The summed E-state index contributed by atoms with van der Waals surface area (Å²) in [6.45, 7) is 1.00. The lowest BCUT2D eigenvalue weighted by molar-refractivity contribution is 0.0651. The van der Waals surface area contributed by atoms with Gasteiger partial charge in [-0.15, -0.1) is 10.2 Å². The summed E-state index contributed by atoms with van der Waals surface area (Å²) in [4.78, 5) is 38.1. The minimum atomic E-state index is -0.285. The highest BCUT2D eigenvalue weighted by Crippen LogP contribution is 2.27. The number of carbonyl (C=O) groups excluding carboxylic acids is 3. The molecule has 0 saturated heterocycles. The van der Waals surface area contributed by atoms with Crippen LogP contribution in [-0.4, -0.2) is 51.8 Å². The molecule has 35 heavy (non-hydrogen) atoms. The molecule has 4 rings (SSSR count). The molecule has 10 heteroatoms. The second-order valence-corrected chi connectivity index (χ2v) is 10.4. The third-order valence-corrected chi connectivity index (χ3v) is 7.61. The zero-order chi connectivity index (χ0) is 24.5. The van der Waals surface area contributed by atoms with Crippen LogP contribution in [0.25, 0.3) is 0 Å². The van der Waals surface area contributed by atoms with Crippen LogP contribution >= 0.6 is 23.1 Å². The van der Waals surface area contributed by atoms with E-state index < -0.39 is 0 Å². The van der Waals surface area contributed by atoms with E-state index >= 15 is 0 Å². The molecule has 0 fully saturated rings. The van der Waals surface area contributed by atoms with E-state index in [0.717, 1.165) is 42.2 Å². The number of amides is 4. The predicted octanol–water partition coefficient (Wildman–Crippen LogP) is 4.85. The van der Waals surface area contributed by atoms with Gasteiger partial charge in [0.15, 0.2) is 4.34 Å². The minimum absolute atomic E-state index is 0.188. The molecule has 0 unspecified atom stereocenters. The van der Waals surface area contributed by atoms with E-state index in [1.54, 1.807) is 36.0 Å². The Labute approximate surface area is 212 Å². The van der Waals surface area contributed by atoms with Gasteiger partial charge in [0.2, 0.25) is 5.13 Å². The summed E-state index contributed by atoms with van der Waals surface area (Å²) in [7, 11) is 0. The number of fused-ring (bicyclic) bond motifs is 1. The van der Waals surface area contributed by atoms with Crippen LogP contribution in [0.5, 0.6) is 0 Å². The van der Waals surface area contributed by atoms with Gasteiger partial charge in [0.05, 0.1) is 11.1 Å². The van der Waals surface area contributed by atoms with E-state index in [1.807, 2.05) is 30.3 Å². The molecule has 2 heterocycles. The van der Waals surface area contributed by atoms with Crippen LogP contribution in [0.2, 0.25) is 0 Å². The molecular weight excluding hydrogens is 482 g/mol. The largest absolute Gasteiger partial charge is 0.337 e. The summed E-state index contributed by atoms with van der Waals surface area (Å²) in [5, 5.41) is 14.2. The second-order valence-electron chi connectivity index (χ2n) is 8.06. The van der Waals surface area contributed by atoms with Gasteiger partial charge < -0.3 is 5.32 Å². The fraction of sp³-hybridized carbons (Fsp3) is 0.320. The number of aromatic nitrogens is 2. The fourth-order valence-corrected chi connectivity index (χ4v) is 5.57. The number of benzene rings is 2. The summed E-state index contributed by atoms with van der Waals surface area (Å²) in [5.41, 5.74) is 2.18. The topological polar surface area (TPSA) is 104 Å². The summed E-state index contributed by atoms with van der Waals surface area (Å²) >= 11 is 2.97. The molecule has 0 saturated carbocycles. The number of hydrogen-bond donors (Lipinski definition) is 2. The Balaban J connectivity index is 1.06. The van der Waals surface area contributed by atoms with Gasteiger partial charge in [0.1, 0.15) is 0 Å². The average molecular weight is 510 g/mol. The lowest BCUT2D eigenvalue weighted by Gasteiger charge is -2.13. The number of thioether (sulfide) groups is 1. The van der Waals surface area contributed by atoms with Crippen molar-refractivity contribution < 1.29 is 14.4 Å². The lowest BCUT2D eigenvalue weighted by Crippen LogP contribution is -2.30. The molecule has 2 N–H and O–H groups in total. The standard InChI is InChI=1S/C25H27N5O3S2/c31-21-19-12-6-7-13-20(19)22(32)30(21)16-8-1-2-9-17-34-25-29-28-24(35-25)27-23(33)26-15-14-18-10-4-3-5-11-18/h3-7,10-13H,1-2,8-9,14-17H2,(H2,26,27,28,33). The molecule has 3 aromatic rings. The van der Waals surface area contributed by atoms with E-state index in [2.05, 4.69) is 20.8 Å². The number of unbranched alkanes of at least 4 members (excludes halogenated alkanes) is 3. The Morgan fingerprint density at radius 1 is 0.886 bits per heavy atom. The summed E-state index contributed by atoms with van der Waals surface area (Å²) in [6.07, 6.45) is 4.51. The van der Waals surface area contributed by atoms with Gasteiger partial charge in [-0.3, -0.25) is 19.8 Å². The van der Waals surface area contributed by atoms with Gasteiger partial charge in [-0.05, 0) is 37.0 Å². The lowest BCUT2D eigenvalue weighted by atomic mass is 10.1. The van der Waals surface area contributed by atoms with Crippen molar-refractivity contribution in [1.29, 1.82) is 0 Å². The van der Waals surface area contributed by atoms with E-state index in [0.29, 0.717) is 29.3 Å². The number of hydrogen-bond acceptors (Lipinski definition) is 7. The minimum Gasteiger partial charge on any atom is -0.337 e. The quantitative estimate of drug-likeness (QED) is 0.157. The molecule has 2 aromatic carbocycles. The van der Waals surface area contributed by atoms with Crippen LogP contribution in [0.15, 0.2) is 58.9 Å². The fourth-order valence-electron chi connectivity index (χ4n) is 3.75. The predicted molar refractivity (Wildman–Crippen MR) is 138 cm³/mol. The highest BCUT2D eigenvalue weighted by molar-refractivity contribution is 8.01. The number of anilines is 1. The van der Waals surface area contributed by atoms with Crippen molar-refractivity contribution in [3.05, 3.63) is 71.3 Å². The molecule has 4 amide bonds. The van der Waals surface area contributed by atoms with Crippen LogP contribution < -0.4 is 10.6 Å². The highest BCUT2D eigenvalue weighted by atomic mass is 32.2. The first kappa shape index (κ1) is 24.9. The SMILES string of the molecule is O=C(NCCc1ccccc1)Nc1nnc(SCCCCCCN2C(=O)c3ccccc3C2=O)s1. The molecule has 0 spiro atoms. The first-order valence-electron chi connectivity index (χ1n) is 11.6. The maximum absolute atomic E-state index is 12.4. The molecule has 0 bridgehead atoms. The maximum atomic E-state index is 12.4. The Morgan fingerprint density at radius 2 is 1.57 bits per heavy atom. The zero-order valence-electron chi connectivity index (χ0n) is 19.2. The van der Waals surface area contributed by atoms with Gasteiger partial charge in [0.25, 0.3) is 11.8 Å². The normalized spacial score (nSPS) is 12.6. The van der Waals surface area contributed by atoms with Gasteiger partial charge in [-0.25, -0.2) is 4.79 Å². The summed E-state index contributed by atoms with van der Waals surface area (Å²) in [6, 6.07) is 16.7. The number of nitrogens with one attached hydrogen (secondary N) is 2. The summed E-state index contributed by atoms with van der Waals surface area (Å²) in [5.74, 6) is 0.517. The van der Waals surface area contributed by atoms with E-state index in [4.69, 9.17) is 0 Å². The van der Waals surface area contributed by atoms with Crippen molar-refractivity contribution in [3.63, 3.8) is 0 Å². The second kappa shape index (κ2) is 12.5. The van der Waals surface area contributed by atoms with Crippen LogP contribution in [0, 0.1) is 0 Å². The van der Waals surface area contributed by atoms with Gasteiger partial charge >= 0.3 is 6.03 Å². The number of carbonyl (C=O) groups is 3. The van der Waals surface area contributed by atoms with Crippen molar-refractivity contribution in [1.82, 2.24) is 20.4 Å². The average Bonchev–Trinajstić information content (AvgIpc) is 3.41. The molecule has 1 aliphatic rings. The number of nitrogens with zero attached hydrogens (tertiary/aromatic N) is 3. The highest BCUT2D eigenvalue weighted by Gasteiger charge is 2.34. The van der Waals surface area contributed by atoms with Gasteiger partial charge in [-0.1, -0.05) is 78.4 Å². The van der Waals surface area contributed by atoms with Crippen LogP contribution in [0.1, 0.15) is 52.0 Å². The van der Waals surface area contributed by atoms with Crippen molar-refractivity contribution in [2.24, 2.45) is 0 Å². The van der Waals surface area contributed by atoms with Crippen molar-refractivity contribution in [2.45, 2.75) is 36.4 Å². The molecule has 1 aliphatic heterocycles. The maximum Gasteiger partial charge on any atom is 0.321 e. The van der Waals surface area contributed by atoms with E-state index in [-0.39, 0.29) is 17.8 Å². The third-order valence-electron chi connectivity index (χ3n) is 5.55. The molecule has 0 radical (unpaired) electrons. The Bertz CT molecular complexity index is 1130. The van der Waals surface area contributed by atoms with Crippen molar-refractivity contribution in [2.75, 3.05) is 24.2 Å². The monoisotopic (exact) mass is 509 g/mol. The van der Waals surface area contributed by atoms with Gasteiger partial charge in [-0.2, -0.15) is 0 Å². The summed E-state index contributed by atoms with van der Waals surface area (Å²) < 4.78 is 0.815. The number of urea groups is 1. The molecule has 0 atom stereocenters. The first-order chi connectivity index (χ1) is 17.1. The smallest absolute Gasteiger partial charge is 0.321 e. The first-order valence-corrected chi connectivity index (χ1v) is 13.4. The molecular formula is C25H27N5O3S2. The number of rotatable bonds is 12. The van der Waals surface area contributed by atoms with Crippen molar-refractivity contribution >= 4 is 46.1 Å². The van der Waals surface area contributed by atoms with E-state index in [9.17, 15) is 14.4 Å². The molecule has 1 aromatic heterocycles. The number of imide groups is 1. The van der Waals surface area contributed by atoms with E-state index in [1.165, 1.54) is 21.8 Å².